The van der Waals surface area contributed by atoms with E-state index in [0.29, 0.717) is 22.2 Å². The van der Waals surface area contributed by atoms with Crippen LogP contribution >= 0.6 is 11.8 Å². The maximum absolute atomic E-state index is 12.6. The average molecular weight is 444 g/mol. The number of ketones is 1. The van der Waals surface area contributed by atoms with Gasteiger partial charge in [0.1, 0.15) is 0 Å². The molecule has 160 valence electrons. The van der Waals surface area contributed by atoms with E-state index in [1.807, 2.05) is 47.9 Å². The van der Waals surface area contributed by atoms with Gasteiger partial charge in [-0.3, -0.25) is 19.1 Å². The molecule has 4 aromatic rings. The molecule has 0 aliphatic rings. The molecular weight excluding hydrogens is 422 g/mol. The Morgan fingerprint density at radius 3 is 2.53 bits per heavy atom. The lowest BCUT2D eigenvalue weighted by Gasteiger charge is -2.13. The van der Waals surface area contributed by atoms with Crippen LogP contribution in [0.25, 0.3) is 17.1 Å². The van der Waals surface area contributed by atoms with Crippen LogP contribution in [0.2, 0.25) is 0 Å². The van der Waals surface area contributed by atoms with Gasteiger partial charge in [-0.25, -0.2) is 0 Å². The lowest BCUT2D eigenvalue weighted by Crippen LogP contribution is -2.15. The lowest BCUT2D eigenvalue weighted by molar-refractivity contribution is -0.113. The van der Waals surface area contributed by atoms with E-state index >= 15 is 0 Å². The van der Waals surface area contributed by atoms with Crippen LogP contribution in [0.4, 0.5) is 5.69 Å². The number of hydrogen-bond donors (Lipinski definition) is 1. The van der Waals surface area contributed by atoms with Gasteiger partial charge in [-0.15, -0.1) is 10.2 Å². The molecule has 0 fully saturated rings. The molecule has 32 heavy (non-hydrogen) atoms. The number of aryl methyl sites for hydroxylation is 1. The number of nitrogens with zero attached hydrogens (tertiary/aromatic N) is 4. The number of anilines is 1. The van der Waals surface area contributed by atoms with Gasteiger partial charge in [0.2, 0.25) is 5.91 Å². The standard InChI is InChI=1S/C24H21N5O2S/c1-16-6-3-4-9-21(16)29-23(18-10-12-25-13-11-18)27-28-24(29)32-15-22(31)26-20-8-5-7-19(14-20)17(2)30/h3-14H,15H2,1-2H3,(H,26,31). The van der Waals surface area contributed by atoms with E-state index in [1.165, 1.54) is 18.7 Å². The zero-order valence-electron chi connectivity index (χ0n) is 17.6. The molecule has 4 rings (SSSR count). The van der Waals surface area contributed by atoms with E-state index < -0.39 is 0 Å². The first-order valence-electron chi connectivity index (χ1n) is 9.98. The first kappa shape index (κ1) is 21.5. The van der Waals surface area contributed by atoms with Gasteiger partial charge in [0, 0.05) is 29.2 Å². The Morgan fingerprint density at radius 2 is 1.78 bits per heavy atom. The zero-order valence-corrected chi connectivity index (χ0v) is 18.5. The van der Waals surface area contributed by atoms with Crippen molar-refractivity contribution >= 4 is 29.1 Å². The van der Waals surface area contributed by atoms with Crippen LogP contribution in [0, 0.1) is 6.92 Å². The Hall–Kier alpha value is -3.78. The molecule has 7 nitrogen and oxygen atoms in total. The van der Waals surface area contributed by atoms with Gasteiger partial charge in [-0.1, -0.05) is 42.1 Å². The topological polar surface area (TPSA) is 89.8 Å². The van der Waals surface area contributed by atoms with Gasteiger partial charge in [-0.05, 0) is 49.7 Å². The first-order chi connectivity index (χ1) is 15.5. The van der Waals surface area contributed by atoms with Gasteiger partial charge in [-0.2, -0.15) is 0 Å². The van der Waals surface area contributed by atoms with Crippen LogP contribution < -0.4 is 5.32 Å². The van der Waals surface area contributed by atoms with E-state index in [9.17, 15) is 9.59 Å². The molecule has 2 heterocycles. The monoisotopic (exact) mass is 443 g/mol. The number of hydrogen-bond acceptors (Lipinski definition) is 6. The largest absolute Gasteiger partial charge is 0.325 e. The predicted octanol–water partition coefficient (Wildman–Crippen LogP) is 4.57. The molecule has 0 saturated heterocycles. The number of nitrogens with one attached hydrogen (secondary N) is 1. The van der Waals surface area contributed by atoms with Crippen molar-refractivity contribution in [1.29, 1.82) is 0 Å². The minimum absolute atomic E-state index is 0.0505. The van der Waals surface area contributed by atoms with Gasteiger partial charge in [0.25, 0.3) is 0 Å². The molecule has 0 radical (unpaired) electrons. The van der Waals surface area contributed by atoms with Gasteiger partial charge in [0.05, 0.1) is 11.4 Å². The van der Waals surface area contributed by atoms with Crippen LogP contribution in [0.15, 0.2) is 78.2 Å². The Bertz CT molecular complexity index is 1270. The van der Waals surface area contributed by atoms with E-state index in [0.717, 1.165) is 16.8 Å². The molecule has 0 aliphatic carbocycles. The number of pyridine rings is 1. The second kappa shape index (κ2) is 9.57. The second-order valence-electron chi connectivity index (χ2n) is 7.14. The molecule has 0 unspecified atom stereocenters. The molecule has 0 bridgehead atoms. The number of para-hydroxylation sites is 1. The maximum Gasteiger partial charge on any atom is 0.234 e. The van der Waals surface area contributed by atoms with Crippen molar-refractivity contribution < 1.29 is 9.59 Å². The van der Waals surface area contributed by atoms with Crippen LogP contribution in [0.3, 0.4) is 0 Å². The van der Waals surface area contributed by atoms with E-state index in [4.69, 9.17) is 0 Å². The Labute approximate surface area is 189 Å². The molecule has 2 aromatic carbocycles. The number of aromatic nitrogens is 4. The van der Waals surface area contributed by atoms with Crippen LogP contribution in [0.1, 0.15) is 22.8 Å². The van der Waals surface area contributed by atoms with E-state index in [-0.39, 0.29) is 17.4 Å². The number of thioether (sulfide) groups is 1. The van der Waals surface area contributed by atoms with Crippen molar-refractivity contribution in [3.05, 3.63) is 84.2 Å². The summed E-state index contributed by atoms with van der Waals surface area (Å²) < 4.78 is 1.96. The number of Topliss-reactive ketones (excluding diaryl/α,β-unsaturated/α-hetero) is 1. The minimum Gasteiger partial charge on any atom is -0.325 e. The van der Waals surface area contributed by atoms with E-state index in [1.54, 1.807) is 36.7 Å². The Balaban J connectivity index is 1.58. The van der Waals surface area contributed by atoms with Crippen molar-refractivity contribution in [2.24, 2.45) is 0 Å². The Morgan fingerprint density at radius 1 is 1.00 bits per heavy atom. The van der Waals surface area contributed by atoms with Crippen LogP contribution in [-0.4, -0.2) is 37.2 Å². The number of carbonyl (C=O) groups excluding carboxylic acids is 2. The number of rotatable bonds is 7. The molecule has 0 aliphatic heterocycles. The fraction of sp³-hybridized carbons (Fsp3) is 0.125. The molecule has 0 atom stereocenters. The fourth-order valence-corrected chi connectivity index (χ4v) is 3.97. The third-order valence-electron chi connectivity index (χ3n) is 4.81. The highest BCUT2D eigenvalue weighted by atomic mass is 32.2. The minimum atomic E-state index is -0.194. The average Bonchev–Trinajstić information content (AvgIpc) is 3.22. The third kappa shape index (κ3) is 4.76. The van der Waals surface area contributed by atoms with Crippen molar-refractivity contribution in [3.63, 3.8) is 0 Å². The first-order valence-corrected chi connectivity index (χ1v) is 11.0. The summed E-state index contributed by atoms with van der Waals surface area (Å²) in [5, 5.41) is 12.2. The summed E-state index contributed by atoms with van der Waals surface area (Å²) in [4.78, 5) is 28.2. The van der Waals surface area contributed by atoms with Gasteiger partial charge in [0.15, 0.2) is 16.8 Å². The molecule has 1 amide bonds. The molecule has 2 aromatic heterocycles. The smallest absolute Gasteiger partial charge is 0.234 e. The van der Waals surface area contributed by atoms with E-state index in [2.05, 4.69) is 20.5 Å². The maximum atomic E-state index is 12.6. The highest BCUT2D eigenvalue weighted by molar-refractivity contribution is 7.99. The molecule has 8 heteroatoms. The number of carbonyl (C=O) groups is 2. The summed E-state index contributed by atoms with van der Waals surface area (Å²) in [6.07, 6.45) is 3.42. The van der Waals surface area contributed by atoms with Crippen molar-refractivity contribution in [2.45, 2.75) is 19.0 Å². The summed E-state index contributed by atoms with van der Waals surface area (Å²) in [5.41, 5.74) is 4.03. The van der Waals surface area contributed by atoms with Crippen molar-refractivity contribution in [3.8, 4) is 17.1 Å². The SMILES string of the molecule is CC(=O)c1cccc(NC(=O)CSc2nnc(-c3ccncc3)n2-c2ccccc2C)c1. The van der Waals surface area contributed by atoms with Crippen molar-refractivity contribution in [1.82, 2.24) is 19.7 Å². The lowest BCUT2D eigenvalue weighted by atomic mass is 10.1. The second-order valence-corrected chi connectivity index (χ2v) is 8.08. The third-order valence-corrected chi connectivity index (χ3v) is 5.74. The summed E-state index contributed by atoms with van der Waals surface area (Å²) in [5.74, 6) is 0.578. The van der Waals surface area contributed by atoms with Gasteiger partial charge >= 0.3 is 0 Å². The summed E-state index contributed by atoms with van der Waals surface area (Å²) in [6.45, 7) is 3.52. The van der Waals surface area contributed by atoms with Crippen molar-refractivity contribution in [2.75, 3.05) is 11.1 Å². The normalized spacial score (nSPS) is 10.7. The highest BCUT2D eigenvalue weighted by Gasteiger charge is 2.18. The molecule has 0 saturated carbocycles. The zero-order chi connectivity index (χ0) is 22.5. The molecular formula is C24H21N5O2S. The summed E-state index contributed by atoms with van der Waals surface area (Å²) in [7, 11) is 0. The van der Waals surface area contributed by atoms with Crippen LogP contribution in [0.5, 0.6) is 0 Å². The summed E-state index contributed by atoms with van der Waals surface area (Å²) >= 11 is 1.30. The highest BCUT2D eigenvalue weighted by Crippen LogP contribution is 2.29. The number of amides is 1. The van der Waals surface area contributed by atoms with Gasteiger partial charge < -0.3 is 5.32 Å². The fourth-order valence-electron chi connectivity index (χ4n) is 3.23. The molecule has 1 N–H and O–H groups in total. The number of benzene rings is 2. The molecule has 0 spiro atoms. The summed E-state index contributed by atoms with van der Waals surface area (Å²) in [6, 6.07) is 18.6. The quantitative estimate of drug-likeness (QED) is 0.332. The Kier molecular flexibility index (Phi) is 6.42. The van der Waals surface area contributed by atoms with Crippen LogP contribution in [-0.2, 0) is 4.79 Å². The predicted molar refractivity (Wildman–Crippen MR) is 125 cm³/mol.